The van der Waals surface area contributed by atoms with Gasteiger partial charge in [-0.2, -0.15) is 0 Å². The molecule has 0 aliphatic heterocycles. The molecule has 1 amide bonds. The fourth-order valence-electron chi connectivity index (χ4n) is 2.39. The predicted octanol–water partition coefficient (Wildman–Crippen LogP) is 4.26. The molecular weight excluding hydrogens is 347 g/mol. The lowest BCUT2D eigenvalue weighted by atomic mass is 10.1. The van der Waals surface area contributed by atoms with Crippen LogP contribution in [-0.2, 0) is 0 Å². The van der Waals surface area contributed by atoms with Crippen LogP contribution in [-0.4, -0.2) is 20.9 Å². The maximum atomic E-state index is 14.3. The van der Waals surface area contributed by atoms with E-state index in [2.05, 4.69) is 20.3 Å². The fraction of sp³-hybridized carbons (Fsp3) is 0. The van der Waals surface area contributed by atoms with E-state index in [1.807, 2.05) is 0 Å². The minimum atomic E-state index is -0.494. The zero-order valence-corrected chi connectivity index (χ0v) is 13.3. The van der Waals surface area contributed by atoms with E-state index in [1.54, 1.807) is 12.1 Å². The minimum Gasteiger partial charge on any atom is -0.459 e. The van der Waals surface area contributed by atoms with Gasteiger partial charge in [-0.3, -0.25) is 4.79 Å². The monoisotopic (exact) mass is 356 g/mol. The lowest BCUT2D eigenvalue weighted by Crippen LogP contribution is -2.11. The molecule has 1 aromatic carbocycles. The van der Waals surface area contributed by atoms with Crippen LogP contribution in [0.2, 0.25) is 5.02 Å². The molecule has 3 aromatic heterocycles. The van der Waals surface area contributed by atoms with Crippen molar-refractivity contribution in [3.63, 3.8) is 0 Å². The number of carbonyl (C=O) groups is 1. The molecule has 0 fully saturated rings. The number of aromatic nitrogens is 3. The number of nitrogens with one attached hydrogen (secondary N) is 2. The first-order valence-electron chi connectivity index (χ1n) is 7.27. The summed E-state index contributed by atoms with van der Waals surface area (Å²) in [6.45, 7) is 0. The largest absolute Gasteiger partial charge is 0.459 e. The summed E-state index contributed by atoms with van der Waals surface area (Å²) in [6.07, 6.45) is 2.92. The van der Waals surface area contributed by atoms with Crippen LogP contribution in [0.25, 0.3) is 22.6 Å². The summed E-state index contributed by atoms with van der Waals surface area (Å²) in [5.74, 6) is -0.504. The number of hydrogen-bond donors (Lipinski definition) is 2. The van der Waals surface area contributed by atoms with Crippen LogP contribution < -0.4 is 5.32 Å². The number of hydrogen-bond acceptors (Lipinski definition) is 4. The van der Waals surface area contributed by atoms with Crippen molar-refractivity contribution < 1.29 is 13.6 Å². The Labute approximate surface area is 145 Å². The Morgan fingerprint density at radius 3 is 2.92 bits per heavy atom. The number of rotatable bonds is 3. The highest BCUT2D eigenvalue weighted by atomic mass is 35.5. The first kappa shape index (κ1) is 15.3. The molecule has 4 rings (SSSR count). The normalized spacial score (nSPS) is 11.0. The van der Waals surface area contributed by atoms with E-state index in [-0.39, 0.29) is 17.1 Å². The van der Waals surface area contributed by atoms with E-state index in [0.29, 0.717) is 21.9 Å². The van der Waals surface area contributed by atoms with E-state index >= 15 is 0 Å². The number of imidazole rings is 1. The van der Waals surface area contributed by atoms with Crippen LogP contribution in [0.5, 0.6) is 0 Å². The van der Waals surface area contributed by atoms with Gasteiger partial charge in [-0.1, -0.05) is 11.6 Å². The van der Waals surface area contributed by atoms with Crippen LogP contribution in [0.4, 0.5) is 10.1 Å². The minimum absolute atomic E-state index is 0.158. The molecule has 0 bridgehead atoms. The highest BCUT2D eigenvalue weighted by molar-refractivity contribution is 6.34. The summed E-state index contributed by atoms with van der Waals surface area (Å²) in [5, 5.41) is 3.08. The van der Waals surface area contributed by atoms with Gasteiger partial charge in [-0.05, 0) is 36.4 Å². The van der Waals surface area contributed by atoms with Gasteiger partial charge >= 0.3 is 0 Å². The average Bonchev–Trinajstić information content (AvgIpc) is 3.26. The third kappa shape index (κ3) is 2.85. The van der Waals surface area contributed by atoms with Crippen molar-refractivity contribution in [2.24, 2.45) is 0 Å². The molecule has 6 nitrogen and oxygen atoms in total. The number of nitrogens with zero attached hydrogens (tertiary/aromatic N) is 2. The highest BCUT2D eigenvalue weighted by Crippen LogP contribution is 2.28. The van der Waals surface area contributed by atoms with Gasteiger partial charge in [0.05, 0.1) is 16.8 Å². The van der Waals surface area contributed by atoms with Crippen molar-refractivity contribution in [2.45, 2.75) is 0 Å². The van der Waals surface area contributed by atoms with Crippen molar-refractivity contribution in [3.8, 4) is 11.4 Å². The number of aromatic amines is 1. The van der Waals surface area contributed by atoms with Crippen LogP contribution in [0, 0.1) is 5.82 Å². The molecule has 25 heavy (non-hydrogen) atoms. The zero-order valence-electron chi connectivity index (χ0n) is 12.6. The second kappa shape index (κ2) is 6.03. The first-order valence-corrected chi connectivity index (χ1v) is 7.64. The SMILES string of the molecule is O=C(Nc1ccc(F)c(-c2nc3nccc(Cl)c3[nH]2)c1)c1ccco1. The van der Waals surface area contributed by atoms with Gasteiger partial charge in [0.1, 0.15) is 17.2 Å². The number of furan rings is 1. The molecule has 0 saturated carbocycles. The molecule has 0 radical (unpaired) electrons. The molecule has 2 N–H and O–H groups in total. The molecule has 8 heteroatoms. The molecule has 0 aliphatic carbocycles. The second-order valence-electron chi connectivity index (χ2n) is 5.20. The van der Waals surface area contributed by atoms with Gasteiger partial charge in [-0.25, -0.2) is 14.4 Å². The van der Waals surface area contributed by atoms with E-state index in [1.165, 1.54) is 36.7 Å². The van der Waals surface area contributed by atoms with Crippen molar-refractivity contribution in [1.82, 2.24) is 15.0 Å². The summed E-state index contributed by atoms with van der Waals surface area (Å²) >= 11 is 6.08. The van der Waals surface area contributed by atoms with E-state index in [0.717, 1.165) is 0 Å². The fourth-order valence-corrected chi connectivity index (χ4v) is 2.58. The van der Waals surface area contributed by atoms with Gasteiger partial charge < -0.3 is 14.7 Å². The Bertz CT molecular complexity index is 1080. The highest BCUT2D eigenvalue weighted by Gasteiger charge is 2.15. The lowest BCUT2D eigenvalue weighted by Gasteiger charge is -2.06. The molecule has 0 saturated heterocycles. The summed E-state index contributed by atoms with van der Waals surface area (Å²) in [5.41, 5.74) is 1.49. The number of H-pyrrole nitrogens is 1. The average molecular weight is 357 g/mol. The Kier molecular flexibility index (Phi) is 3.70. The smallest absolute Gasteiger partial charge is 0.291 e. The quantitative estimate of drug-likeness (QED) is 0.574. The lowest BCUT2D eigenvalue weighted by molar-refractivity contribution is 0.0996. The number of benzene rings is 1. The first-order chi connectivity index (χ1) is 12.1. The Hall–Kier alpha value is -3.19. The number of pyridine rings is 1. The van der Waals surface area contributed by atoms with E-state index in [9.17, 15) is 9.18 Å². The maximum absolute atomic E-state index is 14.3. The number of halogens is 2. The molecule has 0 aliphatic rings. The van der Waals surface area contributed by atoms with Gasteiger partial charge in [0.15, 0.2) is 11.4 Å². The molecule has 0 atom stereocenters. The number of anilines is 1. The molecule has 124 valence electrons. The summed E-state index contributed by atoms with van der Waals surface area (Å²) < 4.78 is 19.3. The Morgan fingerprint density at radius 1 is 1.28 bits per heavy atom. The maximum Gasteiger partial charge on any atom is 0.291 e. The van der Waals surface area contributed by atoms with Gasteiger partial charge in [0.25, 0.3) is 5.91 Å². The number of fused-ring (bicyclic) bond motifs is 1. The third-order valence-electron chi connectivity index (χ3n) is 3.57. The summed E-state index contributed by atoms with van der Waals surface area (Å²) in [4.78, 5) is 23.3. The van der Waals surface area contributed by atoms with Gasteiger partial charge in [-0.15, -0.1) is 0 Å². The third-order valence-corrected chi connectivity index (χ3v) is 3.88. The molecule has 0 spiro atoms. The molecule has 3 heterocycles. The zero-order chi connectivity index (χ0) is 17.4. The van der Waals surface area contributed by atoms with E-state index in [4.69, 9.17) is 16.0 Å². The van der Waals surface area contributed by atoms with Crippen LogP contribution in [0.15, 0.2) is 53.3 Å². The van der Waals surface area contributed by atoms with Crippen molar-refractivity contribution in [1.29, 1.82) is 0 Å². The van der Waals surface area contributed by atoms with E-state index < -0.39 is 11.7 Å². The predicted molar refractivity (Wildman–Crippen MR) is 91.0 cm³/mol. The summed E-state index contributed by atoms with van der Waals surface area (Å²) in [6, 6.07) is 8.93. The van der Waals surface area contributed by atoms with Crippen LogP contribution in [0.1, 0.15) is 10.6 Å². The number of carbonyl (C=O) groups excluding carboxylic acids is 1. The van der Waals surface area contributed by atoms with Gasteiger partial charge in [0.2, 0.25) is 0 Å². The standard InChI is InChI=1S/C17H10ClFN4O2/c18-11-5-6-20-16-14(11)22-15(23-16)10-8-9(3-4-12(10)19)21-17(24)13-2-1-7-25-13/h1-8H,(H,21,24)(H,20,22,23). The number of amides is 1. The topological polar surface area (TPSA) is 83.8 Å². The molecule has 0 unspecified atom stereocenters. The Morgan fingerprint density at radius 2 is 2.16 bits per heavy atom. The summed E-state index contributed by atoms with van der Waals surface area (Å²) in [7, 11) is 0. The molecular formula is C17H10ClFN4O2. The van der Waals surface area contributed by atoms with Crippen molar-refractivity contribution >= 4 is 34.4 Å². The van der Waals surface area contributed by atoms with Crippen LogP contribution >= 0.6 is 11.6 Å². The van der Waals surface area contributed by atoms with Crippen molar-refractivity contribution in [2.75, 3.05) is 5.32 Å². The van der Waals surface area contributed by atoms with Crippen molar-refractivity contribution in [3.05, 3.63) is 65.5 Å². The molecule has 4 aromatic rings. The second-order valence-corrected chi connectivity index (χ2v) is 5.61. The Balaban J connectivity index is 1.71. The van der Waals surface area contributed by atoms with Crippen LogP contribution in [0.3, 0.4) is 0 Å². The van der Waals surface area contributed by atoms with Gasteiger partial charge in [0, 0.05) is 11.9 Å².